The van der Waals surface area contributed by atoms with Gasteiger partial charge in [-0.25, -0.2) is 16.7 Å². The summed E-state index contributed by atoms with van der Waals surface area (Å²) >= 11 is 0. The van der Waals surface area contributed by atoms with Gasteiger partial charge < -0.3 is 5.43 Å². The van der Waals surface area contributed by atoms with Crippen LogP contribution < -0.4 is 22.5 Å². The van der Waals surface area contributed by atoms with E-state index in [0.717, 1.165) is 28.1 Å². The third-order valence-electron chi connectivity index (χ3n) is 3.80. The monoisotopic (exact) mass is 399 g/mol. The minimum atomic E-state index is 0.0104. The Bertz CT molecular complexity index is 865. The van der Waals surface area contributed by atoms with Crippen molar-refractivity contribution in [1.29, 1.82) is 0 Å². The van der Waals surface area contributed by atoms with E-state index >= 15 is 0 Å². The van der Waals surface area contributed by atoms with Crippen molar-refractivity contribution in [1.82, 2.24) is 20.0 Å². The average Bonchev–Trinajstić information content (AvgIpc) is 3.13. The van der Waals surface area contributed by atoms with Crippen LogP contribution in [-0.4, -0.2) is 32.6 Å². The third kappa shape index (κ3) is 6.87. The van der Waals surface area contributed by atoms with Crippen LogP contribution in [0.1, 0.15) is 33.3 Å². The highest BCUT2D eigenvalue weighted by molar-refractivity contribution is 5.74. The van der Waals surface area contributed by atoms with Crippen molar-refractivity contribution in [2.45, 2.75) is 34.2 Å². The second-order valence-electron chi connectivity index (χ2n) is 5.78. The molecule has 0 unspecified atom stereocenters. The topological polar surface area (TPSA) is 130 Å². The molecule has 0 atom stereocenters. The third-order valence-corrected chi connectivity index (χ3v) is 3.80. The standard InChI is InChI=1S/2C6H9N3.C5H5N3O.C2H6/c1-5-3-8-4-9(7)6(5)2;1-5-3-4-8-9(7)6(5)2;9-5-2-7-8-3-4(5)1-6-8;1-2/h2*3-4H,2,7H2,1H3;2-3,6H,1H2;1-2H3. The lowest BCUT2D eigenvalue weighted by molar-refractivity contribution is 0.389. The molecule has 5 N–H and O–H groups in total. The van der Waals surface area contributed by atoms with Gasteiger partial charge in [-0.1, -0.05) is 27.0 Å². The molecule has 10 heteroatoms. The molecule has 1 aromatic rings. The van der Waals surface area contributed by atoms with Gasteiger partial charge >= 0.3 is 0 Å². The maximum atomic E-state index is 10.8. The molecule has 0 saturated heterocycles. The molecule has 3 aliphatic heterocycles. The van der Waals surface area contributed by atoms with Crippen molar-refractivity contribution in [3.63, 3.8) is 0 Å². The molecule has 4 heterocycles. The molecule has 0 amide bonds. The Morgan fingerprint density at radius 1 is 1.14 bits per heavy atom. The highest BCUT2D eigenvalue weighted by atomic mass is 16.1. The zero-order valence-corrected chi connectivity index (χ0v) is 17.3. The molecule has 0 fully saturated rings. The summed E-state index contributed by atoms with van der Waals surface area (Å²) in [4.78, 5) is 16.1. The van der Waals surface area contributed by atoms with E-state index in [2.05, 4.69) is 33.8 Å². The molecule has 0 spiro atoms. The van der Waals surface area contributed by atoms with Gasteiger partial charge in [0.2, 0.25) is 5.43 Å². The smallest absolute Gasteiger partial charge is 0.205 e. The number of hydrogen-bond acceptors (Lipinski definition) is 9. The molecule has 0 aromatic carbocycles. The molecule has 1 aromatic heterocycles. The van der Waals surface area contributed by atoms with E-state index in [1.807, 2.05) is 33.8 Å². The fourth-order valence-corrected chi connectivity index (χ4v) is 1.96. The van der Waals surface area contributed by atoms with Gasteiger partial charge in [-0.05, 0) is 31.1 Å². The molecule has 0 radical (unpaired) electrons. The van der Waals surface area contributed by atoms with E-state index in [4.69, 9.17) is 11.7 Å². The summed E-state index contributed by atoms with van der Waals surface area (Å²) in [5.74, 6) is 10.8. The van der Waals surface area contributed by atoms with E-state index in [9.17, 15) is 4.79 Å². The van der Waals surface area contributed by atoms with Crippen LogP contribution in [0.2, 0.25) is 0 Å². The predicted molar refractivity (Wildman–Crippen MR) is 118 cm³/mol. The maximum Gasteiger partial charge on any atom is 0.205 e. The highest BCUT2D eigenvalue weighted by Crippen LogP contribution is 2.11. The van der Waals surface area contributed by atoms with Crippen LogP contribution in [0.15, 0.2) is 75.3 Å². The lowest BCUT2D eigenvalue weighted by atomic mass is 10.2. The zero-order valence-electron chi connectivity index (χ0n) is 17.3. The zero-order chi connectivity index (χ0) is 22.0. The molecule has 4 rings (SSSR count). The highest BCUT2D eigenvalue weighted by Gasteiger charge is 2.06. The Kier molecular flexibility index (Phi) is 9.23. The first-order valence-corrected chi connectivity index (χ1v) is 8.99. The predicted octanol–water partition coefficient (Wildman–Crippen LogP) is 1.57. The SMILES string of the molecule is C=C1C(C)=CC=NN1N.C=C1C(C)=CN=CN1N.CC.O=c1cnn2cc1CN2. The van der Waals surface area contributed by atoms with Gasteiger partial charge in [-0.3, -0.25) is 9.80 Å². The summed E-state index contributed by atoms with van der Waals surface area (Å²) in [5, 5.41) is 10.2. The number of rotatable bonds is 0. The summed E-state index contributed by atoms with van der Waals surface area (Å²) in [6.07, 6.45) is 9.77. The largest absolute Gasteiger partial charge is 0.305 e. The fraction of sp³-hybridized carbons (Fsp3) is 0.263. The van der Waals surface area contributed by atoms with Crippen LogP contribution in [0.3, 0.4) is 0 Å². The number of aliphatic imine (C=N–C) groups is 1. The number of hydrazone groups is 1. The van der Waals surface area contributed by atoms with Crippen molar-refractivity contribution < 1.29 is 0 Å². The average molecular weight is 400 g/mol. The summed E-state index contributed by atoms with van der Waals surface area (Å²) in [5.41, 5.74) is 7.26. The fourth-order valence-electron chi connectivity index (χ4n) is 1.96. The van der Waals surface area contributed by atoms with Crippen molar-refractivity contribution in [3.8, 4) is 0 Å². The van der Waals surface area contributed by atoms with Crippen molar-refractivity contribution >= 4 is 12.6 Å². The Labute approximate surface area is 170 Å². The molecule has 10 nitrogen and oxygen atoms in total. The lowest BCUT2D eigenvalue weighted by Gasteiger charge is -2.18. The molecular weight excluding hydrogens is 370 g/mol. The van der Waals surface area contributed by atoms with Crippen molar-refractivity contribution in [3.05, 3.63) is 76.2 Å². The van der Waals surface area contributed by atoms with Crippen molar-refractivity contribution in [2.24, 2.45) is 21.8 Å². The van der Waals surface area contributed by atoms with Crippen molar-refractivity contribution in [2.75, 3.05) is 5.43 Å². The van der Waals surface area contributed by atoms with Crippen LogP contribution >= 0.6 is 0 Å². The normalized spacial score (nSPS) is 15.7. The maximum absolute atomic E-state index is 10.8. The molecular formula is C19H29N9O. The Morgan fingerprint density at radius 3 is 2.34 bits per heavy atom. The lowest BCUT2D eigenvalue weighted by Crippen LogP contribution is -2.29. The van der Waals surface area contributed by atoms with Crippen LogP contribution in [-0.2, 0) is 6.54 Å². The van der Waals surface area contributed by atoms with E-state index in [1.165, 1.54) is 27.5 Å². The van der Waals surface area contributed by atoms with Gasteiger partial charge in [0.1, 0.15) is 6.34 Å². The van der Waals surface area contributed by atoms with Gasteiger partial charge in [0, 0.05) is 18.0 Å². The minimum Gasteiger partial charge on any atom is -0.305 e. The molecule has 0 saturated carbocycles. The van der Waals surface area contributed by atoms with Crippen LogP contribution in [0, 0.1) is 0 Å². The van der Waals surface area contributed by atoms with Gasteiger partial charge in [0.15, 0.2) is 0 Å². The summed E-state index contributed by atoms with van der Waals surface area (Å²) < 4.78 is 0. The summed E-state index contributed by atoms with van der Waals surface area (Å²) in [7, 11) is 0. The number of hydrazine groups is 2. The van der Waals surface area contributed by atoms with E-state index in [-0.39, 0.29) is 5.43 Å². The molecule has 29 heavy (non-hydrogen) atoms. The Balaban J connectivity index is 0.000000208. The molecule has 156 valence electrons. The number of nitrogens with two attached hydrogens (primary N) is 2. The van der Waals surface area contributed by atoms with E-state index in [0.29, 0.717) is 6.54 Å². The van der Waals surface area contributed by atoms with Crippen LogP contribution in [0.25, 0.3) is 0 Å². The van der Waals surface area contributed by atoms with Gasteiger partial charge in [-0.2, -0.15) is 20.1 Å². The number of nitrogens with one attached hydrogen (secondary N) is 1. The van der Waals surface area contributed by atoms with Crippen LogP contribution in [0.5, 0.6) is 0 Å². The first-order chi connectivity index (χ1) is 13.8. The number of hydrogen-bond donors (Lipinski definition) is 3. The number of fused-ring (bicyclic) bond motifs is 2. The number of allylic oxidation sites excluding steroid dienone is 3. The van der Waals surface area contributed by atoms with Gasteiger partial charge in [0.05, 0.1) is 30.3 Å². The number of nitrogens with zero attached hydrogens (tertiary/aromatic N) is 6. The molecule has 3 aliphatic rings. The van der Waals surface area contributed by atoms with Gasteiger partial charge in [-0.15, -0.1) is 0 Å². The van der Waals surface area contributed by atoms with E-state index < -0.39 is 0 Å². The first kappa shape index (κ1) is 23.5. The Hall–Kier alpha value is -3.50. The number of aromatic nitrogens is 2. The van der Waals surface area contributed by atoms with Gasteiger partial charge in [0.25, 0.3) is 0 Å². The summed E-state index contributed by atoms with van der Waals surface area (Å²) in [6, 6.07) is 0. The molecule has 2 bridgehead atoms. The van der Waals surface area contributed by atoms with Crippen LogP contribution in [0.4, 0.5) is 0 Å². The quantitative estimate of drug-likeness (QED) is 0.564. The first-order valence-electron chi connectivity index (χ1n) is 8.99. The minimum absolute atomic E-state index is 0.0104. The second kappa shape index (κ2) is 11.4. The Morgan fingerprint density at radius 2 is 1.83 bits per heavy atom. The second-order valence-corrected chi connectivity index (χ2v) is 5.78. The van der Waals surface area contributed by atoms with E-state index in [1.54, 1.807) is 18.6 Å². The molecule has 0 aliphatic carbocycles. The summed E-state index contributed by atoms with van der Waals surface area (Å²) in [6.45, 7) is 15.9.